The third-order valence-corrected chi connectivity index (χ3v) is 7.77. The van der Waals surface area contributed by atoms with E-state index in [0.717, 1.165) is 73.5 Å². The van der Waals surface area contributed by atoms with Gasteiger partial charge in [0.25, 0.3) is 0 Å². The lowest BCUT2D eigenvalue weighted by molar-refractivity contribution is 0.229. The summed E-state index contributed by atoms with van der Waals surface area (Å²) in [5.41, 5.74) is 1.66. The highest BCUT2D eigenvalue weighted by molar-refractivity contribution is 5.93. The summed E-state index contributed by atoms with van der Waals surface area (Å²) in [5.74, 6) is 8.80. The summed E-state index contributed by atoms with van der Waals surface area (Å²) in [6.45, 7) is 9.84. The average molecular weight is 495 g/mol. The summed E-state index contributed by atoms with van der Waals surface area (Å²) in [6, 6.07) is 4.37. The van der Waals surface area contributed by atoms with Gasteiger partial charge in [-0.15, -0.1) is 0 Å². The first-order chi connectivity index (χ1) is 17.6. The lowest BCUT2D eigenvalue weighted by Crippen LogP contribution is -2.39. The molecule has 1 aromatic heterocycles. The van der Waals surface area contributed by atoms with Crippen molar-refractivity contribution in [3.05, 3.63) is 17.7 Å². The van der Waals surface area contributed by atoms with E-state index in [0.29, 0.717) is 31.5 Å². The zero-order valence-electron chi connectivity index (χ0n) is 21.7. The molecule has 1 unspecified atom stereocenters. The number of nitrogens with zero attached hydrogens (tertiary/aromatic N) is 5. The second-order valence-corrected chi connectivity index (χ2v) is 10.2. The number of nitrogens with one attached hydrogen (secondary N) is 1. The number of ether oxygens (including phenoxy) is 1. The zero-order chi connectivity index (χ0) is 24.9. The lowest BCUT2D eigenvalue weighted by atomic mass is 10.0. The molecule has 3 fully saturated rings. The molecule has 36 heavy (non-hydrogen) atoms. The molecule has 0 saturated carbocycles. The van der Waals surface area contributed by atoms with E-state index in [1.54, 1.807) is 7.11 Å². The summed E-state index contributed by atoms with van der Waals surface area (Å²) >= 11 is 0. The molecule has 1 atom stereocenters. The first-order valence-electron chi connectivity index (χ1n) is 13.6. The monoisotopic (exact) mass is 494 g/mol. The van der Waals surface area contributed by atoms with E-state index in [9.17, 15) is 4.39 Å². The maximum atomic E-state index is 14.0. The Labute approximate surface area is 214 Å². The Kier molecular flexibility index (Phi) is 8.08. The van der Waals surface area contributed by atoms with Crippen molar-refractivity contribution >= 4 is 22.7 Å². The van der Waals surface area contributed by atoms with Gasteiger partial charge in [-0.2, -0.15) is 4.98 Å². The lowest BCUT2D eigenvalue weighted by Gasteiger charge is -2.32. The van der Waals surface area contributed by atoms with Gasteiger partial charge in [-0.1, -0.05) is 18.8 Å². The summed E-state index contributed by atoms with van der Waals surface area (Å²) in [5, 5.41) is 4.63. The van der Waals surface area contributed by atoms with Crippen LogP contribution in [0.25, 0.3) is 10.9 Å². The van der Waals surface area contributed by atoms with Crippen LogP contribution in [0, 0.1) is 11.8 Å². The van der Waals surface area contributed by atoms with Crippen LogP contribution < -0.4 is 15.0 Å². The van der Waals surface area contributed by atoms with E-state index in [-0.39, 0.29) is 0 Å². The molecule has 194 valence electrons. The van der Waals surface area contributed by atoms with Crippen LogP contribution in [-0.4, -0.2) is 91.4 Å². The van der Waals surface area contributed by atoms with Crippen molar-refractivity contribution in [3.63, 3.8) is 0 Å². The van der Waals surface area contributed by atoms with Gasteiger partial charge < -0.3 is 24.8 Å². The highest BCUT2D eigenvalue weighted by Crippen LogP contribution is 2.32. The van der Waals surface area contributed by atoms with E-state index in [2.05, 4.69) is 33.9 Å². The fourth-order valence-electron chi connectivity index (χ4n) is 5.53. The number of benzene rings is 1. The summed E-state index contributed by atoms with van der Waals surface area (Å²) in [7, 11) is 1.69. The highest BCUT2D eigenvalue weighted by atomic mass is 19.1. The van der Waals surface area contributed by atoms with Crippen LogP contribution in [0.3, 0.4) is 0 Å². The average Bonchev–Trinajstić information content (AvgIpc) is 3.58. The number of aromatic nitrogens is 2. The molecule has 2 aromatic rings. The van der Waals surface area contributed by atoms with Crippen molar-refractivity contribution in [2.45, 2.75) is 57.7 Å². The third kappa shape index (κ3) is 5.84. The van der Waals surface area contributed by atoms with Gasteiger partial charge in [0.15, 0.2) is 0 Å². The van der Waals surface area contributed by atoms with Crippen LogP contribution >= 0.6 is 0 Å². The molecule has 3 saturated heterocycles. The number of alkyl halides is 1. The largest absolute Gasteiger partial charge is 0.495 e. The number of fused-ring (bicyclic) bond motifs is 1. The van der Waals surface area contributed by atoms with Crippen LogP contribution in [0.2, 0.25) is 0 Å². The van der Waals surface area contributed by atoms with Crippen molar-refractivity contribution in [2.24, 2.45) is 0 Å². The number of methoxy groups -OCH3 is 1. The molecule has 7 nitrogen and oxygen atoms in total. The van der Waals surface area contributed by atoms with Crippen LogP contribution in [0.15, 0.2) is 12.1 Å². The quantitative estimate of drug-likeness (QED) is 0.586. The molecule has 8 heteroatoms. The molecule has 1 N–H and O–H groups in total. The molecule has 1 aromatic carbocycles. The Balaban J connectivity index is 1.44. The third-order valence-electron chi connectivity index (χ3n) is 7.77. The molecule has 0 amide bonds. The SMILES string of the molecule is CCN1CCC(Nc2nc(N3CCC(F)C3)nc3cc(C#CCCN4CCCC4)c(OC)cc23)CC1. The number of hydrogen-bond acceptors (Lipinski definition) is 7. The van der Waals surface area contributed by atoms with Gasteiger partial charge in [0.05, 0.1) is 24.7 Å². The van der Waals surface area contributed by atoms with Crippen molar-refractivity contribution in [1.29, 1.82) is 0 Å². The maximum absolute atomic E-state index is 14.0. The topological polar surface area (TPSA) is 56.8 Å². The second kappa shape index (κ2) is 11.6. The molecule has 3 aliphatic heterocycles. The van der Waals surface area contributed by atoms with Gasteiger partial charge in [-0.25, -0.2) is 9.37 Å². The molecule has 4 heterocycles. The molecular weight excluding hydrogens is 455 g/mol. The summed E-state index contributed by atoms with van der Waals surface area (Å²) in [6.07, 6.45) is 5.27. The van der Waals surface area contributed by atoms with Crippen LogP contribution in [0.5, 0.6) is 5.75 Å². The van der Waals surface area contributed by atoms with Crippen molar-refractivity contribution < 1.29 is 9.13 Å². The van der Waals surface area contributed by atoms with Crippen LogP contribution in [0.4, 0.5) is 16.2 Å². The minimum Gasteiger partial charge on any atom is -0.495 e. The normalized spacial score (nSPS) is 21.6. The fraction of sp³-hybridized carbons (Fsp3) is 0.643. The van der Waals surface area contributed by atoms with E-state index >= 15 is 0 Å². The molecule has 3 aliphatic rings. The predicted octanol–water partition coefficient (Wildman–Crippen LogP) is 3.92. The Morgan fingerprint density at radius 1 is 1.06 bits per heavy atom. The standard InChI is InChI=1S/C28H39FN6O/c1-3-33-15-10-23(11-16-33)30-27-24-19-26(36-2)21(8-4-5-12-34-13-6-7-14-34)18-25(24)31-28(32-27)35-17-9-22(29)20-35/h18-19,22-23H,3,5-7,9-17,20H2,1-2H3,(H,30,31,32). The molecule has 5 rings (SSSR count). The van der Waals surface area contributed by atoms with Crippen molar-refractivity contribution in [1.82, 2.24) is 19.8 Å². The van der Waals surface area contributed by atoms with E-state index in [4.69, 9.17) is 14.7 Å². The van der Waals surface area contributed by atoms with Gasteiger partial charge in [0.1, 0.15) is 17.7 Å². The number of rotatable bonds is 7. The Morgan fingerprint density at radius 3 is 2.56 bits per heavy atom. The van der Waals surface area contributed by atoms with Crippen LogP contribution in [0.1, 0.15) is 51.0 Å². The fourth-order valence-corrected chi connectivity index (χ4v) is 5.53. The van der Waals surface area contributed by atoms with Gasteiger partial charge in [0.2, 0.25) is 5.95 Å². The number of hydrogen-bond donors (Lipinski definition) is 1. The molecule has 0 radical (unpaired) electrons. The van der Waals surface area contributed by atoms with Crippen molar-refractivity contribution in [3.8, 4) is 17.6 Å². The van der Waals surface area contributed by atoms with E-state index < -0.39 is 6.17 Å². The maximum Gasteiger partial charge on any atom is 0.227 e. The highest BCUT2D eigenvalue weighted by Gasteiger charge is 2.26. The first-order valence-corrected chi connectivity index (χ1v) is 13.6. The number of halogens is 1. The first kappa shape index (κ1) is 25.0. The second-order valence-electron chi connectivity index (χ2n) is 10.2. The summed E-state index contributed by atoms with van der Waals surface area (Å²) in [4.78, 5) is 16.7. The smallest absolute Gasteiger partial charge is 0.227 e. The van der Waals surface area contributed by atoms with E-state index in [1.807, 2.05) is 17.0 Å². The Morgan fingerprint density at radius 2 is 1.86 bits per heavy atom. The van der Waals surface area contributed by atoms with Crippen LogP contribution in [-0.2, 0) is 0 Å². The van der Waals surface area contributed by atoms with Gasteiger partial charge in [0, 0.05) is 44.0 Å². The van der Waals surface area contributed by atoms with Gasteiger partial charge >= 0.3 is 0 Å². The van der Waals surface area contributed by atoms with Gasteiger partial charge in [-0.05, 0) is 63.9 Å². The molecule has 0 aliphatic carbocycles. The Bertz CT molecular complexity index is 1100. The molecule has 0 spiro atoms. The zero-order valence-corrected chi connectivity index (χ0v) is 21.7. The van der Waals surface area contributed by atoms with Gasteiger partial charge in [-0.3, -0.25) is 0 Å². The summed E-state index contributed by atoms with van der Waals surface area (Å²) < 4.78 is 19.7. The Hall–Kier alpha value is -2.63. The number of anilines is 2. The van der Waals surface area contributed by atoms with E-state index in [1.165, 1.54) is 25.9 Å². The van der Waals surface area contributed by atoms with Crippen molar-refractivity contribution in [2.75, 3.05) is 69.7 Å². The molecule has 0 bridgehead atoms. The predicted molar refractivity (Wildman–Crippen MR) is 144 cm³/mol. The number of piperidine rings is 1. The minimum atomic E-state index is -0.827. The number of likely N-dealkylation sites (tertiary alicyclic amines) is 2. The minimum absolute atomic E-state index is 0.346. The molecular formula is C28H39FN6O.